The predicted molar refractivity (Wildman–Crippen MR) is 70.9 cm³/mol. The predicted octanol–water partition coefficient (Wildman–Crippen LogP) is 3.64. The highest BCUT2D eigenvalue weighted by molar-refractivity contribution is 5.69. The van der Waals surface area contributed by atoms with Crippen LogP contribution < -0.4 is 0 Å². The molecule has 0 spiro atoms. The molecule has 20 heavy (non-hydrogen) atoms. The van der Waals surface area contributed by atoms with Gasteiger partial charge in [0.05, 0.1) is 0 Å². The largest absolute Gasteiger partial charge is 0.461 e. The second-order valence-electron chi connectivity index (χ2n) is 4.34. The minimum Gasteiger partial charge on any atom is -0.461 e. The van der Waals surface area contributed by atoms with Gasteiger partial charge in [0.25, 0.3) is 0 Å². The molecule has 0 amide bonds. The van der Waals surface area contributed by atoms with Gasteiger partial charge in [-0.2, -0.15) is 0 Å². The Labute approximate surface area is 116 Å². The summed E-state index contributed by atoms with van der Waals surface area (Å²) in [7, 11) is 0. The second kappa shape index (κ2) is 6.80. The van der Waals surface area contributed by atoms with Crippen LogP contribution in [-0.4, -0.2) is 5.97 Å². The van der Waals surface area contributed by atoms with E-state index in [0.717, 1.165) is 0 Å². The fraction of sp³-hybridized carbons (Fsp3) is 0.188. The molecule has 0 aliphatic heterocycles. The zero-order valence-electron chi connectivity index (χ0n) is 10.8. The normalized spacial score (nSPS) is 10.3. The first-order valence-corrected chi connectivity index (χ1v) is 6.29. The van der Waals surface area contributed by atoms with E-state index in [4.69, 9.17) is 4.74 Å². The first-order chi connectivity index (χ1) is 9.66. The number of halogens is 2. The third-order valence-corrected chi connectivity index (χ3v) is 2.90. The number of rotatable bonds is 5. The fourth-order valence-electron chi connectivity index (χ4n) is 1.78. The summed E-state index contributed by atoms with van der Waals surface area (Å²) in [6.07, 6.45) is 0.332. The average Bonchev–Trinajstić information content (AvgIpc) is 2.45. The van der Waals surface area contributed by atoms with Crippen LogP contribution in [0.4, 0.5) is 8.78 Å². The molecule has 2 aromatic rings. The van der Waals surface area contributed by atoms with Gasteiger partial charge >= 0.3 is 5.97 Å². The zero-order valence-corrected chi connectivity index (χ0v) is 10.8. The minimum absolute atomic E-state index is 0.0649. The maximum absolute atomic E-state index is 13.3. The Bertz CT molecular complexity index is 545. The van der Waals surface area contributed by atoms with Crippen molar-refractivity contribution in [3.8, 4) is 0 Å². The van der Waals surface area contributed by atoms with Crippen molar-refractivity contribution >= 4 is 5.97 Å². The van der Waals surface area contributed by atoms with Gasteiger partial charge in [-0.05, 0) is 24.1 Å². The summed E-state index contributed by atoms with van der Waals surface area (Å²) in [5, 5.41) is 0. The van der Waals surface area contributed by atoms with E-state index in [1.807, 2.05) is 0 Å². The quantitative estimate of drug-likeness (QED) is 0.779. The molecule has 0 fully saturated rings. The molecule has 4 heteroatoms. The fourth-order valence-corrected chi connectivity index (χ4v) is 1.78. The Morgan fingerprint density at radius 2 is 1.45 bits per heavy atom. The molecule has 0 N–H and O–H groups in total. The highest BCUT2D eigenvalue weighted by Gasteiger charge is 2.08. The van der Waals surface area contributed by atoms with Crippen LogP contribution >= 0.6 is 0 Å². The molecule has 0 saturated carbocycles. The van der Waals surface area contributed by atoms with Gasteiger partial charge in [-0.15, -0.1) is 0 Å². The van der Waals surface area contributed by atoms with Gasteiger partial charge in [0.2, 0.25) is 0 Å². The van der Waals surface area contributed by atoms with Gasteiger partial charge in [0, 0.05) is 12.0 Å². The number of hydrogen-bond donors (Lipinski definition) is 0. The Balaban J connectivity index is 1.82. The summed E-state index contributed by atoms with van der Waals surface area (Å²) in [6.45, 7) is -0.108. The number of esters is 1. The SMILES string of the molecule is O=C(CCc1ccccc1F)OCc1ccccc1F. The summed E-state index contributed by atoms with van der Waals surface area (Å²) < 4.78 is 31.6. The Kier molecular flexibility index (Phi) is 4.82. The topological polar surface area (TPSA) is 26.3 Å². The standard InChI is InChI=1S/C16H14F2O2/c17-14-7-3-1-5-12(14)9-10-16(19)20-11-13-6-2-4-8-15(13)18/h1-8H,9-11H2. The number of carbonyl (C=O) groups is 1. The van der Waals surface area contributed by atoms with Crippen molar-refractivity contribution in [2.24, 2.45) is 0 Å². The summed E-state index contributed by atoms with van der Waals surface area (Å²) in [5.74, 6) is -1.22. The van der Waals surface area contributed by atoms with Crippen LogP contribution in [0, 0.1) is 11.6 Å². The van der Waals surface area contributed by atoms with Gasteiger partial charge < -0.3 is 4.74 Å². The van der Waals surface area contributed by atoms with E-state index in [2.05, 4.69) is 0 Å². The first-order valence-electron chi connectivity index (χ1n) is 6.29. The van der Waals surface area contributed by atoms with E-state index in [-0.39, 0.29) is 25.3 Å². The van der Waals surface area contributed by atoms with Crippen molar-refractivity contribution in [1.29, 1.82) is 0 Å². The van der Waals surface area contributed by atoms with E-state index in [9.17, 15) is 13.6 Å². The maximum atomic E-state index is 13.3. The lowest BCUT2D eigenvalue weighted by molar-refractivity contribution is -0.144. The molecule has 0 aliphatic carbocycles. The average molecular weight is 276 g/mol. The monoisotopic (exact) mass is 276 g/mol. The van der Waals surface area contributed by atoms with E-state index in [1.165, 1.54) is 12.1 Å². The number of ether oxygens (including phenoxy) is 1. The van der Waals surface area contributed by atoms with E-state index in [1.54, 1.807) is 36.4 Å². The number of hydrogen-bond acceptors (Lipinski definition) is 2. The van der Waals surface area contributed by atoms with Crippen LogP contribution in [0.25, 0.3) is 0 Å². The highest BCUT2D eigenvalue weighted by atomic mass is 19.1. The van der Waals surface area contributed by atoms with Gasteiger partial charge in [0.15, 0.2) is 0 Å². The van der Waals surface area contributed by atoms with Crippen LogP contribution in [0.2, 0.25) is 0 Å². The molecule has 2 rings (SSSR count). The lowest BCUT2D eigenvalue weighted by atomic mass is 10.1. The smallest absolute Gasteiger partial charge is 0.306 e. The number of aryl methyl sites for hydroxylation is 1. The summed E-state index contributed by atoms with van der Waals surface area (Å²) in [4.78, 5) is 11.5. The third kappa shape index (κ3) is 3.88. The number of benzene rings is 2. The number of carbonyl (C=O) groups excluding carboxylic acids is 1. The van der Waals surface area contributed by atoms with E-state index < -0.39 is 11.8 Å². The van der Waals surface area contributed by atoms with Crippen molar-refractivity contribution in [3.63, 3.8) is 0 Å². The molecular weight excluding hydrogens is 262 g/mol. The van der Waals surface area contributed by atoms with Gasteiger partial charge in [0.1, 0.15) is 18.2 Å². The molecule has 0 bridgehead atoms. The molecule has 2 nitrogen and oxygen atoms in total. The van der Waals surface area contributed by atoms with E-state index in [0.29, 0.717) is 11.1 Å². The molecular formula is C16H14F2O2. The molecule has 0 radical (unpaired) electrons. The Morgan fingerprint density at radius 1 is 0.900 bits per heavy atom. The van der Waals surface area contributed by atoms with Gasteiger partial charge in [-0.1, -0.05) is 36.4 Å². The Hall–Kier alpha value is -2.23. The van der Waals surface area contributed by atoms with Crippen molar-refractivity contribution in [3.05, 3.63) is 71.3 Å². The van der Waals surface area contributed by atoms with Gasteiger partial charge in [-0.25, -0.2) is 8.78 Å². The maximum Gasteiger partial charge on any atom is 0.306 e. The summed E-state index contributed by atoms with van der Waals surface area (Å²) >= 11 is 0. The summed E-state index contributed by atoms with van der Waals surface area (Å²) in [6, 6.07) is 12.4. The Morgan fingerprint density at radius 3 is 2.05 bits per heavy atom. The molecule has 2 aromatic carbocycles. The van der Waals surface area contributed by atoms with Crippen LogP contribution in [0.1, 0.15) is 17.5 Å². The van der Waals surface area contributed by atoms with Crippen LogP contribution in [-0.2, 0) is 22.6 Å². The van der Waals surface area contributed by atoms with Crippen molar-refractivity contribution < 1.29 is 18.3 Å². The molecule has 104 valence electrons. The van der Waals surface area contributed by atoms with E-state index >= 15 is 0 Å². The van der Waals surface area contributed by atoms with Crippen molar-refractivity contribution in [1.82, 2.24) is 0 Å². The minimum atomic E-state index is -0.475. The van der Waals surface area contributed by atoms with Crippen molar-refractivity contribution in [2.45, 2.75) is 19.4 Å². The highest BCUT2D eigenvalue weighted by Crippen LogP contribution is 2.11. The molecule has 0 saturated heterocycles. The van der Waals surface area contributed by atoms with Crippen LogP contribution in [0.5, 0.6) is 0 Å². The summed E-state index contributed by atoms with van der Waals surface area (Å²) in [5.41, 5.74) is 0.794. The first kappa shape index (κ1) is 14.2. The molecule has 0 aliphatic rings. The van der Waals surface area contributed by atoms with Crippen molar-refractivity contribution in [2.75, 3.05) is 0 Å². The van der Waals surface area contributed by atoms with Crippen LogP contribution in [0.3, 0.4) is 0 Å². The lowest BCUT2D eigenvalue weighted by Crippen LogP contribution is -2.07. The molecule has 0 heterocycles. The van der Waals surface area contributed by atoms with Gasteiger partial charge in [-0.3, -0.25) is 4.79 Å². The molecule has 0 unspecified atom stereocenters. The molecule has 0 aromatic heterocycles. The lowest BCUT2D eigenvalue weighted by Gasteiger charge is -2.06. The van der Waals surface area contributed by atoms with Crippen LogP contribution in [0.15, 0.2) is 48.5 Å². The third-order valence-electron chi connectivity index (χ3n) is 2.90. The second-order valence-corrected chi connectivity index (χ2v) is 4.34. The molecule has 0 atom stereocenters. The zero-order chi connectivity index (χ0) is 14.4.